The number of hydrogen-bond donors (Lipinski definition) is 3. The van der Waals surface area contributed by atoms with E-state index >= 15 is 0 Å². The van der Waals surface area contributed by atoms with Gasteiger partial charge in [0.2, 0.25) is 11.8 Å². The second kappa shape index (κ2) is 35.5. The summed E-state index contributed by atoms with van der Waals surface area (Å²) in [5.74, 6) is -0.163. The molecule has 0 aliphatic heterocycles. The van der Waals surface area contributed by atoms with Crippen LogP contribution in [0.4, 0.5) is 0 Å². The van der Waals surface area contributed by atoms with E-state index in [-0.39, 0.29) is 18.4 Å². The second-order valence-corrected chi connectivity index (χ2v) is 14.8. The van der Waals surface area contributed by atoms with Gasteiger partial charge in [-0.25, -0.2) is 4.98 Å². The van der Waals surface area contributed by atoms with Gasteiger partial charge in [0.1, 0.15) is 6.61 Å². The molecular weight excluding hydrogens is 622 g/mol. The van der Waals surface area contributed by atoms with Gasteiger partial charge in [0, 0.05) is 37.9 Å². The number of aromatic amines is 1. The molecule has 1 rings (SSSR count). The topological polar surface area (TPSA) is 113 Å². The Bertz CT molecular complexity index is 834. The van der Waals surface area contributed by atoms with Crippen LogP contribution in [-0.2, 0) is 20.7 Å². The maximum Gasteiger partial charge on any atom is 0.248 e. The molecular formula is C42H81N5O3. The van der Waals surface area contributed by atoms with E-state index in [2.05, 4.69) is 29.1 Å². The van der Waals surface area contributed by atoms with Crippen LogP contribution in [0.3, 0.4) is 0 Å². The third kappa shape index (κ3) is 28.7. The quantitative estimate of drug-likeness (QED) is 0.0593. The van der Waals surface area contributed by atoms with E-state index in [1.165, 1.54) is 167 Å². The first-order valence-electron chi connectivity index (χ1n) is 21.4. The number of amides is 2. The fraction of sp³-hybridized carbons (Fsp3) is 0.881. The van der Waals surface area contributed by atoms with Crippen LogP contribution in [0.15, 0.2) is 12.5 Å². The van der Waals surface area contributed by atoms with E-state index in [9.17, 15) is 9.59 Å². The summed E-state index contributed by atoms with van der Waals surface area (Å²) in [6, 6.07) is -0.650. The average molecular weight is 704 g/mol. The number of nitrogens with zero attached hydrogens (tertiary/aromatic N) is 2. The van der Waals surface area contributed by atoms with Gasteiger partial charge in [0.25, 0.3) is 0 Å². The lowest BCUT2D eigenvalue weighted by Crippen LogP contribution is -2.43. The highest BCUT2D eigenvalue weighted by atomic mass is 16.5. The van der Waals surface area contributed by atoms with E-state index in [4.69, 9.17) is 10.5 Å². The van der Waals surface area contributed by atoms with Gasteiger partial charge < -0.3 is 25.7 Å². The molecule has 0 aromatic carbocycles. The van der Waals surface area contributed by atoms with E-state index in [0.29, 0.717) is 19.6 Å². The first kappa shape index (κ1) is 46.1. The number of ether oxygens (including phenoxy) is 1. The van der Waals surface area contributed by atoms with Crippen LogP contribution in [0.2, 0.25) is 0 Å². The molecule has 0 spiro atoms. The highest BCUT2D eigenvalue weighted by molar-refractivity contribution is 5.81. The molecule has 1 unspecified atom stereocenters. The van der Waals surface area contributed by atoms with Gasteiger partial charge >= 0.3 is 0 Å². The van der Waals surface area contributed by atoms with Crippen molar-refractivity contribution in [3.63, 3.8) is 0 Å². The lowest BCUT2D eigenvalue weighted by Gasteiger charge is -2.23. The molecule has 1 heterocycles. The molecule has 0 fully saturated rings. The molecule has 2 amide bonds. The van der Waals surface area contributed by atoms with E-state index < -0.39 is 6.04 Å². The summed E-state index contributed by atoms with van der Waals surface area (Å²) in [6.45, 7) is 6.89. The minimum Gasteiger partial charge on any atom is -0.370 e. The van der Waals surface area contributed by atoms with Crippen LogP contribution >= 0.6 is 0 Å². The molecule has 1 aromatic rings. The minimum atomic E-state index is -0.650. The summed E-state index contributed by atoms with van der Waals surface area (Å²) in [5.41, 5.74) is 6.83. The van der Waals surface area contributed by atoms with Gasteiger partial charge in [0.05, 0.1) is 19.0 Å². The minimum absolute atomic E-state index is 0.0628. The summed E-state index contributed by atoms with van der Waals surface area (Å²) < 4.78 is 5.70. The SMILES string of the molecule is CCCCCCCCCCCCCCCCN(CCCCCCCCCCCCCCCC)C(=O)COCCNC(=O)C(N)Cc1cnc[nH]1. The number of hydrogen-bond acceptors (Lipinski definition) is 5. The van der Waals surface area contributed by atoms with Crippen LogP contribution in [0.25, 0.3) is 0 Å². The Morgan fingerprint density at radius 3 is 1.46 bits per heavy atom. The first-order valence-corrected chi connectivity index (χ1v) is 21.4. The molecule has 8 heteroatoms. The highest BCUT2D eigenvalue weighted by Gasteiger charge is 2.16. The van der Waals surface area contributed by atoms with E-state index in [1.807, 2.05) is 4.90 Å². The number of nitrogens with one attached hydrogen (secondary N) is 2. The molecule has 4 N–H and O–H groups in total. The van der Waals surface area contributed by atoms with Crippen molar-refractivity contribution >= 4 is 11.8 Å². The average Bonchev–Trinajstić information content (AvgIpc) is 3.63. The summed E-state index contributed by atoms with van der Waals surface area (Å²) in [6.07, 6.45) is 41.0. The molecule has 1 aromatic heterocycles. The molecule has 0 bridgehead atoms. The van der Waals surface area contributed by atoms with Crippen LogP contribution in [0.5, 0.6) is 0 Å². The van der Waals surface area contributed by atoms with Crippen LogP contribution in [0.1, 0.15) is 199 Å². The molecule has 0 radical (unpaired) electrons. The van der Waals surface area contributed by atoms with Crippen molar-refractivity contribution in [2.75, 3.05) is 32.8 Å². The van der Waals surface area contributed by atoms with Crippen molar-refractivity contribution in [3.05, 3.63) is 18.2 Å². The second-order valence-electron chi connectivity index (χ2n) is 14.8. The largest absolute Gasteiger partial charge is 0.370 e. The lowest BCUT2D eigenvalue weighted by molar-refractivity contribution is -0.136. The van der Waals surface area contributed by atoms with Crippen molar-refractivity contribution in [1.29, 1.82) is 0 Å². The number of carbonyl (C=O) groups excluding carboxylic acids is 2. The van der Waals surface area contributed by atoms with Gasteiger partial charge in [-0.05, 0) is 12.8 Å². The Kier molecular flexibility index (Phi) is 32.7. The molecule has 0 aliphatic rings. The predicted octanol–water partition coefficient (Wildman–Crippen LogP) is 10.2. The van der Waals surface area contributed by atoms with Gasteiger partial charge in [0.15, 0.2) is 0 Å². The van der Waals surface area contributed by atoms with Gasteiger partial charge in [-0.1, -0.05) is 181 Å². The van der Waals surface area contributed by atoms with Crippen molar-refractivity contribution in [3.8, 4) is 0 Å². The molecule has 292 valence electrons. The zero-order valence-electron chi connectivity index (χ0n) is 33.0. The fourth-order valence-corrected chi connectivity index (χ4v) is 6.71. The highest BCUT2D eigenvalue weighted by Crippen LogP contribution is 2.15. The van der Waals surface area contributed by atoms with Crippen molar-refractivity contribution in [1.82, 2.24) is 20.2 Å². The van der Waals surface area contributed by atoms with E-state index in [1.54, 1.807) is 12.5 Å². The Labute approximate surface area is 308 Å². The van der Waals surface area contributed by atoms with E-state index in [0.717, 1.165) is 31.6 Å². The summed E-state index contributed by atoms with van der Waals surface area (Å²) in [7, 11) is 0. The molecule has 8 nitrogen and oxygen atoms in total. The third-order valence-electron chi connectivity index (χ3n) is 10.0. The Morgan fingerprint density at radius 1 is 0.680 bits per heavy atom. The van der Waals surface area contributed by atoms with Gasteiger partial charge in [-0.2, -0.15) is 0 Å². The zero-order chi connectivity index (χ0) is 36.2. The normalized spacial score (nSPS) is 12.0. The summed E-state index contributed by atoms with van der Waals surface area (Å²) in [4.78, 5) is 34.4. The Hall–Kier alpha value is -1.93. The number of carbonyl (C=O) groups is 2. The number of nitrogens with two attached hydrogens (primary N) is 1. The van der Waals surface area contributed by atoms with Crippen molar-refractivity contribution in [2.45, 2.75) is 206 Å². The number of imidazole rings is 1. The maximum atomic E-state index is 13.1. The maximum absolute atomic E-state index is 13.1. The predicted molar refractivity (Wildman–Crippen MR) is 211 cm³/mol. The molecule has 50 heavy (non-hydrogen) atoms. The lowest BCUT2D eigenvalue weighted by atomic mass is 10.0. The zero-order valence-corrected chi connectivity index (χ0v) is 33.0. The van der Waals surface area contributed by atoms with Crippen LogP contribution in [0, 0.1) is 0 Å². The molecule has 0 aliphatic carbocycles. The standard InChI is InChI=1S/C42H81N5O3/c1-3-5-7-9-11-13-15-17-19-21-23-25-27-29-32-47(33-30-28-26-24-22-20-18-16-14-12-10-8-6-4-2)41(48)37-50-34-31-45-42(49)40(43)35-39-36-44-38-46-39/h36,38,40H,3-35,37,43H2,1-2H3,(H,44,46)(H,45,49). The molecule has 1 atom stereocenters. The fourth-order valence-electron chi connectivity index (χ4n) is 6.71. The summed E-state index contributed by atoms with van der Waals surface area (Å²) >= 11 is 0. The Balaban J connectivity index is 2.22. The third-order valence-corrected chi connectivity index (χ3v) is 10.0. The summed E-state index contributed by atoms with van der Waals surface area (Å²) in [5, 5.41) is 2.81. The first-order chi connectivity index (χ1) is 24.6. The number of unbranched alkanes of at least 4 members (excludes halogenated alkanes) is 26. The molecule has 0 saturated heterocycles. The Morgan fingerprint density at radius 2 is 1.08 bits per heavy atom. The van der Waals surface area contributed by atoms with Crippen LogP contribution in [-0.4, -0.2) is 65.6 Å². The number of H-pyrrole nitrogens is 1. The van der Waals surface area contributed by atoms with Gasteiger partial charge in [-0.15, -0.1) is 0 Å². The van der Waals surface area contributed by atoms with Crippen molar-refractivity contribution < 1.29 is 14.3 Å². The number of aromatic nitrogens is 2. The van der Waals surface area contributed by atoms with Crippen molar-refractivity contribution in [2.24, 2.45) is 5.73 Å². The monoisotopic (exact) mass is 704 g/mol. The number of rotatable bonds is 38. The van der Waals surface area contributed by atoms with Gasteiger partial charge in [-0.3, -0.25) is 9.59 Å². The smallest absolute Gasteiger partial charge is 0.248 e. The van der Waals surface area contributed by atoms with Crippen LogP contribution < -0.4 is 11.1 Å². The molecule has 0 saturated carbocycles.